The zero-order valence-electron chi connectivity index (χ0n) is 32.8. The Kier molecular flexibility index (Phi) is 12.3. The standard InChI is InChI=1S/C42H57BrN4O3.C2H6/c1-40(2,3)50-39(49)46-25-21-41(22-26-46)19-13-30(14-20-41)28-45-23-15-31(16-24-45)32-11-12-37-34(27-32)42(17-6-5-7-18-42)38(44-4)47(37)36-10-8-9-35(43)33(36)29-48;1-2/h8-12,27,29-31H,5-7,13-26,28H2,1-4H3;1-2H3. The first-order valence-electron chi connectivity index (χ1n) is 20.4. The van der Waals surface area contributed by atoms with Gasteiger partial charge in [0.25, 0.3) is 0 Å². The van der Waals surface area contributed by atoms with E-state index in [0.717, 1.165) is 67.0 Å². The Hall–Kier alpha value is -2.71. The van der Waals surface area contributed by atoms with Crippen LogP contribution in [0.3, 0.4) is 0 Å². The molecule has 284 valence electrons. The molecule has 2 saturated carbocycles. The Morgan fingerprint density at radius 2 is 1.58 bits per heavy atom. The lowest BCUT2D eigenvalue weighted by Gasteiger charge is -2.46. The van der Waals surface area contributed by atoms with Crippen molar-refractivity contribution in [3.05, 3.63) is 57.6 Å². The highest BCUT2D eigenvalue weighted by molar-refractivity contribution is 9.10. The van der Waals surface area contributed by atoms with E-state index in [1.807, 2.05) is 58.7 Å². The van der Waals surface area contributed by atoms with Crippen LogP contribution in [0.1, 0.15) is 145 Å². The number of halogens is 1. The van der Waals surface area contributed by atoms with Crippen molar-refractivity contribution in [1.82, 2.24) is 9.80 Å². The van der Waals surface area contributed by atoms with Crippen molar-refractivity contribution in [2.24, 2.45) is 16.3 Å². The van der Waals surface area contributed by atoms with Crippen LogP contribution in [0, 0.1) is 11.3 Å². The molecule has 8 heteroatoms. The van der Waals surface area contributed by atoms with Crippen LogP contribution in [-0.4, -0.2) is 73.4 Å². The molecular weight excluding hydrogens is 712 g/mol. The molecule has 52 heavy (non-hydrogen) atoms. The Bertz CT molecular complexity index is 1580. The average molecular weight is 776 g/mol. The van der Waals surface area contributed by atoms with Crippen LogP contribution in [0.5, 0.6) is 0 Å². The third-order valence-corrected chi connectivity index (χ3v) is 13.6. The van der Waals surface area contributed by atoms with Crippen LogP contribution >= 0.6 is 15.9 Å². The highest BCUT2D eigenvalue weighted by atomic mass is 79.9. The van der Waals surface area contributed by atoms with E-state index in [-0.39, 0.29) is 11.5 Å². The van der Waals surface area contributed by atoms with Gasteiger partial charge in [0.2, 0.25) is 0 Å². The van der Waals surface area contributed by atoms with Crippen LogP contribution in [-0.2, 0) is 10.2 Å². The zero-order valence-corrected chi connectivity index (χ0v) is 34.4. The van der Waals surface area contributed by atoms with Gasteiger partial charge in [-0.05, 0) is 161 Å². The maximum absolute atomic E-state index is 12.6. The van der Waals surface area contributed by atoms with Gasteiger partial charge < -0.3 is 14.5 Å². The SMILES string of the molecule is CC.CN=C1N(c2cccc(Br)c2C=O)c2ccc(C3CCN(CC4CCC5(CC4)CCN(C(=O)OC(C)(C)C)CC5)CC3)cc2C12CCCCC2. The lowest BCUT2D eigenvalue weighted by Crippen LogP contribution is -2.46. The van der Waals surface area contributed by atoms with Crippen molar-refractivity contribution >= 4 is 45.5 Å². The third kappa shape index (κ3) is 7.90. The van der Waals surface area contributed by atoms with Crippen LogP contribution in [0.2, 0.25) is 0 Å². The van der Waals surface area contributed by atoms with E-state index in [1.54, 1.807) is 0 Å². The van der Waals surface area contributed by atoms with Gasteiger partial charge in [-0.1, -0.05) is 51.3 Å². The summed E-state index contributed by atoms with van der Waals surface area (Å²) in [6, 6.07) is 13.3. The first-order chi connectivity index (χ1) is 25.0. The second kappa shape index (κ2) is 16.3. The van der Waals surface area contributed by atoms with E-state index < -0.39 is 5.60 Å². The number of nitrogens with zero attached hydrogens (tertiary/aromatic N) is 4. The minimum atomic E-state index is -0.433. The summed E-state index contributed by atoms with van der Waals surface area (Å²) < 4.78 is 6.46. The molecule has 0 radical (unpaired) electrons. The zero-order chi connectivity index (χ0) is 37.1. The van der Waals surface area contributed by atoms with Gasteiger partial charge >= 0.3 is 6.09 Å². The van der Waals surface area contributed by atoms with Gasteiger partial charge in [-0.15, -0.1) is 0 Å². The molecule has 2 aromatic rings. The van der Waals surface area contributed by atoms with Gasteiger partial charge in [-0.25, -0.2) is 4.79 Å². The van der Waals surface area contributed by atoms with Crippen molar-refractivity contribution in [3.8, 4) is 0 Å². The van der Waals surface area contributed by atoms with Crippen LogP contribution in [0.15, 0.2) is 45.9 Å². The van der Waals surface area contributed by atoms with E-state index >= 15 is 0 Å². The number of benzene rings is 2. The molecule has 2 aliphatic carbocycles. The third-order valence-electron chi connectivity index (χ3n) is 12.9. The molecule has 7 nitrogen and oxygen atoms in total. The van der Waals surface area contributed by atoms with Crippen molar-refractivity contribution in [3.63, 3.8) is 0 Å². The number of aliphatic imine (C=N–C) groups is 1. The molecule has 0 bridgehead atoms. The average Bonchev–Trinajstić information content (AvgIpc) is 3.41. The number of piperidine rings is 2. The first-order valence-corrected chi connectivity index (χ1v) is 21.2. The van der Waals surface area contributed by atoms with Gasteiger partial charge in [0.05, 0.1) is 22.4 Å². The number of amidine groups is 1. The Morgan fingerprint density at radius 1 is 0.904 bits per heavy atom. The monoisotopic (exact) mass is 774 g/mol. The van der Waals surface area contributed by atoms with E-state index in [0.29, 0.717) is 16.9 Å². The van der Waals surface area contributed by atoms with E-state index in [4.69, 9.17) is 9.73 Å². The van der Waals surface area contributed by atoms with E-state index in [2.05, 4.69) is 50.0 Å². The molecule has 4 fully saturated rings. The molecule has 0 atom stereocenters. The fraction of sp³-hybridized carbons (Fsp3) is 0.659. The van der Waals surface area contributed by atoms with Crippen molar-refractivity contribution in [1.29, 1.82) is 0 Å². The van der Waals surface area contributed by atoms with Crippen LogP contribution in [0.4, 0.5) is 16.2 Å². The lowest BCUT2D eigenvalue weighted by atomic mass is 9.65. The molecule has 2 spiro atoms. The maximum atomic E-state index is 12.6. The van der Waals surface area contributed by atoms with Gasteiger partial charge in [0, 0.05) is 31.2 Å². The summed E-state index contributed by atoms with van der Waals surface area (Å²) in [7, 11) is 1.93. The minimum Gasteiger partial charge on any atom is -0.444 e. The first kappa shape index (κ1) is 39.0. The summed E-state index contributed by atoms with van der Waals surface area (Å²) in [5, 5.41) is 0. The van der Waals surface area contributed by atoms with Crippen LogP contribution in [0.25, 0.3) is 0 Å². The number of ether oxygens (including phenoxy) is 1. The maximum Gasteiger partial charge on any atom is 0.410 e. The lowest BCUT2D eigenvalue weighted by molar-refractivity contribution is -0.000227. The highest BCUT2D eigenvalue weighted by Gasteiger charge is 2.50. The summed E-state index contributed by atoms with van der Waals surface area (Å²) in [6.07, 6.45) is 16.7. The molecule has 5 aliphatic rings. The fourth-order valence-corrected chi connectivity index (χ4v) is 10.6. The predicted molar refractivity (Wildman–Crippen MR) is 217 cm³/mol. The second-order valence-electron chi connectivity index (χ2n) is 17.1. The quantitative estimate of drug-likeness (QED) is 0.283. The molecule has 1 amide bonds. The molecule has 0 aromatic heterocycles. The molecule has 0 unspecified atom stereocenters. The number of likely N-dealkylation sites (tertiary alicyclic amines) is 2. The van der Waals surface area contributed by atoms with E-state index in [9.17, 15) is 9.59 Å². The number of fused-ring (bicyclic) bond motifs is 2. The minimum absolute atomic E-state index is 0.0911. The smallest absolute Gasteiger partial charge is 0.410 e. The molecule has 3 heterocycles. The molecule has 0 N–H and O–H groups in total. The number of carbonyl (C=O) groups excluding carboxylic acids is 2. The summed E-state index contributed by atoms with van der Waals surface area (Å²) in [5.41, 5.74) is 5.59. The highest BCUT2D eigenvalue weighted by Crippen LogP contribution is 2.54. The molecule has 3 aliphatic heterocycles. The van der Waals surface area contributed by atoms with Gasteiger partial charge in [-0.2, -0.15) is 0 Å². The number of anilines is 2. The number of rotatable bonds is 5. The number of aldehydes is 1. The Morgan fingerprint density at radius 3 is 2.19 bits per heavy atom. The normalized spacial score (nSPS) is 23.0. The number of hydrogen-bond acceptors (Lipinski definition) is 5. The number of hydrogen-bond donors (Lipinski definition) is 0. The second-order valence-corrected chi connectivity index (χ2v) is 17.9. The van der Waals surface area contributed by atoms with Crippen molar-refractivity contribution in [2.45, 2.75) is 135 Å². The molecular formula is C44H63BrN4O3. The van der Waals surface area contributed by atoms with Gasteiger partial charge in [-0.3, -0.25) is 14.7 Å². The Balaban J connectivity index is 0.00000228. The predicted octanol–water partition coefficient (Wildman–Crippen LogP) is 11.1. The van der Waals surface area contributed by atoms with Crippen LogP contribution < -0.4 is 4.90 Å². The topological polar surface area (TPSA) is 65.5 Å². The van der Waals surface area contributed by atoms with Gasteiger partial charge in [0.15, 0.2) is 6.29 Å². The Labute approximate surface area is 322 Å². The fourth-order valence-electron chi connectivity index (χ4n) is 10.2. The molecule has 2 saturated heterocycles. The van der Waals surface area contributed by atoms with E-state index in [1.165, 1.54) is 94.2 Å². The largest absolute Gasteiger partial charge is 0.444 e. The van der Waals surface area contributed by atoms with Gasteiger partial charge in [0.1, 0.15) is 11.4 Å². The molecule has 7 rings (SSSR count). The van der Waals surface area contributed by atoms with Crippen molar-refractivity contribution < 1.29 is 14.3 Å². The summed E-state index contributed by atoms with van der Waals surface area (Å²) in [5.74, 6) is 2.47. The molecule has 2 aromatic carbocycles. The number of amides is 1. The summed E-state index contributed by atoms with van der Waals surface area (Å²) in [6.45, 7) is 15.1. The summed E-state index contributed by atoms with van der Waals surface area (Å²) >= 11 is 3.64. The van der Waals surface area contributed by atoms with Crippen molar-refractivity contribution in [2.75, 3.05) is 44.7 Å². The number of carbonyl (C=O) groups is 2. The summed E-state index contributed by atoms with van der Waals surface area (Å²) in [4.78, 5) is 36.9.